The van der Waals surface area contributed by atoms with Gasteiger partial charge >= 0.3 is 0 Å². The fraction of sp³-hybridized carbons (Fsp3) is 0.969. The van der Waals surface area contributed by atoms with Crippen molar-refractivity contribution in [3.8, 4) is 0 Å². The van der Waals surface area contributed by atoms with Gasteiger partial charge in [0.25, 0.3) is 0 Å². The molecule has 0 aliphatic heterocycles. The molecule has 0 saturated carbocycles. The molecule has 34 heavy (non-hydrogen) atoms. The standard InChI is InChI=1S/C32H65NO/c1-6-8-10-12-17-21-25-29-33(30-26-22-18-13-11-9-7-2)31(34)27-23-19-15-14-16-20-24-28-32(3,4)5/h6-30H2,1-5H3. The molecule has 0 aromatic carbocycles. The first-order valence-electron chi connectivity index (χ1n) is 15.7. The maximum absolute atomic E-state index is 12.9. The number of unbranched alkanes of at least 4 members (excludes halogenated alkanes) is 18. The van der Waals surface area contributed by atoms with Gasteiger partial charge in [0.15, 0.2) is 0 Å². The van der Waals surface area contributed by atoms with Crippen LogP contribution in [0, 0.1) is 5.41 Å². The second-order valence-electron chi connectivity index (χ2n) is 12.2. The van der Waals surface area contributed by atoms with E-state index in [0.29, 0.717) is 11.3 Å². The first kappa shape index (κ1) is 33.5. The molecule has 0 unspecified atom stereocenters. The first-order chi connectivity index (χ1) is 16.4. The van der Waals surface area contributed by atoms with Gasteiger partial charge in [0.1, 0.15) is 0 Å². The number of carbonyl (C=O) groups is 1. The van der Waals surface area contributed by atoms with E-state index in [4.69, 9.17) is 0 Å². The van der Waals surface area contributed by atoms with E-state index in [9.17, 15) is 4.79 Å². The zero-order valence-electron chi connectivity index (χ0n) is 24.5. The van der Waals surface area contributed by atoms with Crippen LogP contribution in [-0.4, -0.2) is 23.9 Å². The van der Waals surface area contributed by atoms with E-state index in [2.05, 4.69) is 39.5 Å². The summed E-state index contributed by atoms with van der Waals surface area (Å²) >= 11 is 0. The normalized spacial score (nSPS) is 11.8. The lowest BCUT2D eigenvalue weighted by Gasteiger charge is -2.23. The van der Waals surface area contributed by atoms with E-state index in [0.717, 1.165) is 25.9 Å². The molecular formula is C32H65NO. The zero-order chi connectivity index (χ0) is 25.3. The van der Waals surface area contributed by atoms with Gasteiger partial charge < -0.3 is 4.90 Å². The van der Waals surface area contributed by atoms with E-state index < -0.39 is 0 Å². The number of hydrogen-bond donors (Lipinski definition) is 0. The van der Waals surface area contributed by atoms with Crippen molar-refractivity contribution in [2.24, 2.45) is 5.41 Å². The van der Waals surface area contributed by atoms with E-state index in [1.54, 1.807) is 0 Å². The minimum Gasteiger partial charge on any atom is -0.343 e. The Balaban J connectivity index is 4.03. The Morgan fingerprint density at radius 2 is 0.853 bits per heavy atom. The predicted octanol–water partition coefficient (Wildman–Crippen LogP) is 10.9. The summed E-state index contributed by atoms with van der Waals surface area (Å²) in [5.74, 6) is 0.433. The zero-order valence-corrected chi connectivity index (χ0v) is 24.5. The monoisotopic (exact) mass is 480 g/mol. The molecule has 0 rings (SSSR count). The Morgan fingerprint density at radius 3 is 1.26 bits per heavy atom. The minimum atomic E-state index is 0.433. The second kappa shape index (κ2) is 24.2. The second-order valence-corrected chi connectivity index (χ2v) is 12.2. The molecule has 0 aliphatic rings. The first-order valence-corrected chi connectivity index (χ1v) is 15.7. The van der Waals surface area contributed by atoms with Gasteiger partial charge in [-0.1, -0.05) is 150 Å². The van der Waals surface area contributed by atoms with Gasteiger partial charge in [-0.15, -0.1) is 0 Å². The summed E-state index contributed by atoms with van der Waals surface area (Å²) < 4.78 is 0. The number of carbonyl (C=O) groups excluding carboxylic acids is 1. The van der Waals surface area contributed by atoms with Crippen molar-refractivity contribution < 1.29 is 4.79 Å². The van der Waals surface area contributed by atoms with Crippen LogP contribution >= 0.6 is 0 Å². The SMILES string of the molecule is CCCCCCCCCN(CCCCCCCCC)C(=O)CCCCCCCCCC(C)(C)C. The van der Waals surface area contributed by atoms with Crippen LogP contribution in [0.2, 0.25) is 0 Å². The Bertz CT molecular complexity index is 407. The molecule has 0 saturated heterocycles. The summed E-state index contributed by atoms with van der Waals surface area (Å²) in [5, 5.41) is 0. The van der Waals surface area contributed by atoms with Crippen LogP contribution in [-0.2, 0) is 4.79 Å². The minimum absolute atomic E-state index is 0.433. The molecular weight excluding hydrogens is 414 g/mol. The quantitative estimate of drug-likeness (QED) is 0.119. The molecule has 0 bridgehead atoms. The van der Waals surface area contributed by atoms with Gasteiger partial charge in [0, 0.05) is 19.5 Å². The number of amides is 1. The number of rotatable bonds is 25. The Morgan fingerprint density at radius 1 is 0.500 bits per heavy atom. The molecule has 0 fully saturated rings. The summed E-state index contributed by atoms with van der Waals surface area (Å²) in [7, 11) is 0. The van der Waals surface area contributed by atoms with Crippen LogP contribution in [0.15, 0.2) is 0 Å². The summed E-state index contributed by atoms with van der Waals surface area (Å²) in [6.07, 6.45) is 29.8. The topological polar surface area (TPSA) is 20.3 Å². The lowest BCUT2D eigenvalue weighted by atomic mass is 9.89. The molecule has 0 spiro atoms. The summed E-state index contributed by atoms with van der Waals surface area (Å²) in [5.41, 5.74) is 0.482. The lowest BCUT2D eigenvalue weighted by molar-refractivity contribution is -0.131. The average Bonchev–Trinajstić information content (AvgIpc) is 2.79. The van der Waals surface area contributed by atoms with Gasteiger partial charge in [0.2, 0.25) is 5.91 Å². The molecule has 0 aliphatic carbocycles. The van der Waals surface area contributed by atoms with Crippen molar-refractivity contribution >= 4 is 5.91 Å². The molecule has 0 aromatic heterocycles. The van der Waals surface area contributed by atoms with Gasteiger partial charge in [-0.3, -0.25) is 4.79 Å². The highest BCUT2D eigenvalue weighted by atomic mass is 16.2. The molecule has 0 N–H and O–H groups in total. The van der Waals surface area contributed by atoms with Gasteiger partial charge in [-0.25, -0.2) is 0 Å². The summed E-state index contributed by atoms with van der Waals surface area (Å²) in [6.45, 7) is 13.6. The molecule has 0 radical (unpaired) electrons. The van der Waals surface area contributed by atoms with Crippen LogP contribution in [0.5, 0.6) is 0 Å². The highest BCUT2D eigenvalue weighted by molar-refractivity contribution is 5.76. The fourth-order valence-electron chi connectivity index (χ4n) is 4.85. The number of hydrogen-bond acceptors (Lipinski definition) is 1. The smallest absolute Gasteiger partial charge is 0.222 e. The van der Waals surface area contributed by atoms with Gasteiger partial charge in [-0.05, 0) is 31.1 Å². The van der Waals surface area contributed by atoms with Crippen LogP contribution < -0.4 is 0 Å². The van der Waals surface area contributed by atoms with Crippen molar-refractivity contribution in [3.63, 3.8) is 0 Å². The van der Waals surface area contributed by atoms with Crippen molar-refractivity contribution in [2.45, 2.75) is 182 Å². The maximum Gasteiger partial charge on any atom is 0.222 e. The van der Waals surface area contributed by atoms with Crippen LogP contribution in [0.1, 0.15) is 182 Å². The Kier molecular flexibility index (Phi) is 23.8. The molecule has 2 nitrogen and oxygen atoms in total. The van der Waals surface area contributed by atoms with Gasteiger partial charge in [-0.2, -0.15) is 0 Å². The lowest BCUT2D eigenvalue weighted by Crippen LogP contribution is -2.32. The third-order valence-corrected chi connectivity index (χ3v) is 7.23. The molecule has 0 atom stereocenters. The Labute approximate surface area is 216 Å². The van der Waals surface area contributed by atoms with Crippen molar-refractivity contribution in [3.05, 3.63) is 0 Å². The van der Waals surface area contributed by atoms with Crippen molar-refractivity contribution in [2.75, 3.05) is 13.1 Å². The highest BCUT2D eigenvalue weighted by Gasteiger charge is 2.13. The highest BCUT2D eigenvalue weighted by Crippen LogP contribution is 2.22. The molecule has 0 aromatic rings. The summed E-state index contributed by atoms with van der Waals surface area (Å²) in [6, 6.07) is 0. The maximum atomic E-state index is 12.9. The van der Waals surface area contributed by atoms with Gasteiger partial charge in [0.05, 0.1) is 0 Å². The van der Waals surface area contributed by atoms with Crippen LogP contribution in [0.25, 0.3) is 0 Å². The van der Waals surface area contributed by atoms with E-state index in [1.807, 2.05) is 0 Å². The van der Waals surface area contributed by atoms with Crippen LogP contribution in [0.4, 0.5) is 0 Å². The van der Waals surface area contributed by atoms with Crippen molar-refractivity contribution in [1.29, 1.82) is 0 Å². The molecule has 1 amide bonds. The number of nitrogens with zero attached hydrogens (tertiary/aromatic N) is 1. The molecule has 0 heterocycles. The molecule has 204 valence electrons. The third-order valence-electron chi connectivity index (χ3n) is 7.23. The third kappa shape index (κ3) is 24.6. The predicted molar refractivity (Wildman–Crippen MR) is 154 cm³/mol. The van der Waals surface area contributed by atoms with E-state index >= 15 is 0 Å². The fourth-order valence-corrected chi connectivity index (χ4v) is 4.85. The Hall–Kier alpha value is -0.530. The van der Waals surface area contributed by atoms with E-state index in [-0.39, 0.29) is 0 Å². The van der Waals surface area contributed by atoms with Crippen LogP contribution in [0.3, 0.4) is 0 Å². The van der Waals surface area contributed by atoms with E-state index in [1.165, 1.54) is 135 Å². The largest absolute Gasteiger partial charge is 0.343 e. The summed E-state index contributed by atoms with van der Waals surface area (Å²) in [4.78, 5) is 15.2. The molecule has 2 heteroatoms. The average molecular weight is 480 g/mol. The van der Waals surface area contributed by atoms with Crippen molar-refractivity contribution in [1.82, 2.24) is 4.90 Å².